The predicted octanol–water partition coefficient (Wildman–Crippen LogP) is 0.409. The SMILES string of the molecule is O=[N+]([O-])c1nccn1[C@@H]1C[C@H](O)[C@@H](C[18F])O1. The van der Waals surface area contributed by atoms with Gasteiger partial charge < -0.3 is 20.0 Å². The van der Waals surface area contributed by atoms with Crippen LogP contribution in [0.1, 0.15) is 12.6 Å². The Morgan fingerprint density at radius 1 is 1.81 bits per heavy atom. The first kappa shape index (κ1) is 11.0. The second-order valence-electron chi connectivity index (χ2n) is 3.48. The highest BCUT2D eigenvalue weighted by molar-refractivity contribution is 5.08. The van der Waals surface area contributed by atoms with E-state index in [2.05, 4.69) is 4.98 Å². The minimum Gasteiger partial charge on any atom is -0.390 e. The number of ether oxygens (including phenoxy) is 1. The second kappa shape index (κ2) is 4.14. The fourth-order valence-electron chi connectivity index (χ4n) is 1.70. The second-order valence-corrected chi connectivity index (χ2v) is 3.48. The van der Waals surface area contributed by atoms with Gasteiger partial charge in [0.1, 0.15) is 25.2 Å². The van der Waals surface area contributed by atoms with E-state index in [9.17, 15) is 19.6 Å². The van der Waals surface area contributed by atoms with Crippen LogP contribution in [0.5, 0.6) is 0 Å². The lowest BCUT2D eigenvalue weighted by atomic mass is 10.2. The molecule has 0 radical (unpaired) electrons. The van der Waals surface area contributed by atoms with Gasteiger partial charge in [-0.1, -0.05) is 4.98 Å². The summed E-state index contributed by atoms with van der Waals surface area (Å²) in [6.07, 6.45) is 0.140. The van der Waals surface area contributed by atoms with Crippen molar-refractivity contribution in [1.82, 2.24) is 9.55 Å². The molecule has 8 heteroatoms. The molecule has 2 rings (SSSR count). The molecule has 1 saturated heterocycles. The Morgan fingerprint density at radius 2 is 2.56 bits per heavy atom. The van der Waals surface area contributed by atoms with Crippen molar-refractivity contribution in [3.8, 4) is 0 Å². The first-order valence-corrected chi connectivity index (χ1v) is 4.70. The van der Waals surface area contributed by atoms with Crippen LogP contribution >= 0.6 is 0 Å². The quantitative estimate of drug-likeness (QED) is 0.599. The number of halogens is 1. The molecule has 1 aliphatic rings. The minimum atomic E-state index is -0.947. The summed E-state index contributed by atoms with van der Waals surface area (Å²) >= 11 is 0. The van der Waals surface area contributed by atoms with Gasteiger partial charge in [0.25, 0.3) is 0 Å². The Kier molecular flexibility index (Phi) is 2.84. The molecule has 7 nitrogen and oxygen atoms in total. The summed E-state index contributed by atoms with van der Waals surface area (Å²) in [6, 6.07) is 0. The molecule has 0 saturated carbocycles. The van der Waals surface area contributed by atoms with Gasteiger partial charge in [0.15, 0.2) is 6.23 Å². The molecule has 1 fully saturated rings. The first-order valence-electron chi connectivity index (χ1n) is 4.70. The molecule has 0 amide bonds. The van der Waals surface area contributed by atoms with Crippen LogP contribution < -0.4 is 0 Å². The molecule has 0 aliphatic carbocycles. The lowest BCUT2D eigenvalue weighted by Crippen LogP contribution is -2.22. The summed E-state index contributed by atoms with van der Waals surface area (Å²) in [4.78, 5) is 13.5. The average molecular weight is 230 g/mol. The Hall–Kier alpha value is -1.54. The molecule has 16 heavy (non-hydrogen) atoms. The topological polar surface area (TPSA) is 90.4 Å². The van der Waals surface area contributed by atoms with Crippen molar-refractivity contribution < 1.29 is 19.2 Å². The molecule has 3 atom stereocenters. The summed E-state index contributed by atoms with van der Waals surface area (Å²) in [7, 11) is 0. The van der Waals surface area contributed by atoms with Crippen LogP contribution in [0.3, 0.4) is 0 Å². The molecular weight excluding hydrogens is 220 g/mol. The Balaban J connectivity index is 2.20. The molecule has 0 bridgehead atoms. The lowest BCUT2D eigenvalue weighted by Gasteiger charge is -2.10. The smallest absolute Gasteiger partial charge is 0.390 e. The van der Waals surface area contributed by atoms with E-state index in [1.807, 2.05) is 0 Å². The van der Waals surface area contributed by atoms with Crippen molar-refractivity contribution >= 4 is 5.95 Å². The highest BCUT2D eigenvalue weighted by Crippen LogP contribution is 2.31. The van der Waals surface area contributed by atoms with Gasteiger partial charge in [0.2, 0.25) is 0 Å². The monoisotopic (exact) mass is 230 g/mol. The zero-order valence-electron chi connectivity index (χ0n) is 8.19. The largest absolute Gasteiger partial charge is 0.436 e. The molecule has 88 valence electrons. The fourth-order valence-corrected chi connectivity index (χ4v) is 1.70. The van der Waals surface area contributed by atoms with E-state index < -0.39 is 30.0 Å². The van der Waals surface area contributed by atoms with E-state index in [0.29, 0.717) is 0 Å². The minimum absolute atomic E-state index is 0.117. The van der Waals surface area contributed by atoms with Crippen LogP contribution in [0.15, 0.2) is 12.4 Å². The summed E-state index contributed by atoms with van der Waals surface area (Å²) < 4.78 is 18.7. The predicted molar refractivity (Wildman–Crippen MR) is 49.4 cm³/mol. The van der Waals surface area contributed by atoms with Gasteiger partial charge in [0.05, 0.1) is 6.10 Å². The number of nitrogens with zero attached hydrogens (tertiary/aromatic N) is 3. The van der Waals surface area contributed by atoms with Crippen molar-refractivity contribution in [3.63, 3.8) is 0 Å². The van der Waals surface area contributed by atoms with Crippen molar-refractivity contribution in [2.75, 3.05) is 6.67 Å². The number of hydrogen-bond acceptors (Lipinski definition) is 5. The molecule has 0 aromatic carbocycles. The van der Waals surface area contributed by atoms with E-state index in [4.69, 9.17) is 4.74 Å². The summed E-state index contributed by atoms with van der Waals surface area (Å²) in [5, 5.41) is 20.0. The highest BCUT2D eigenvalue weighted by Gasteiger charge is 2.38. The molecule has 1 N–H and O–H groups in total. The van der Waals surface area contributed by atoms with Gasteiger partial charge in [-0.2, -0.15) is 0 Å². The molecule has 2 heterocycles. The molecule has 1 aromatic rings. The maximum atomic E-state index is 12.4. The number of hydrogen-bond donors (Lipinski definition) is 1. The Morgan fingerprint density at radius 3 is 3.12 bits per heavy atom. The van der Waals surface area contributed by atoms with E-state index >= 15 is 0 Å². The van der Waals surface area contributed by atoms with Crippen LogP contribution in [0.25, 0.3) is 0 Å². The standard InChI is InChI=1S/C8H10FN3O4/c9-4-6-5(13)3-7(16-6)11-2-1-10-8(11)12(14)15/h1-2,5-7,13H,3-4H2/t5-,6+,7-/m0/s1/i9-1. The summed E-state index contributed by atoms with van der Waals surface area (Å²) in [5.41, 5.74) is 0. The van der Waals surface area contributed by atoms with E-state index in [1.165, 1.54) is 17.0 Å². The summed E-state index contributed by atoms with van der Waals surface area (Å²) in [6.45, 7) is -0.819. The Labute approximate surface area is 89.6 Å². The van der Waals surface area contributed by atoms with Gasteiger partial charge in [-0.15, -0.1) is 0 Å². The van der Waals surface area contributed by atoms with Crippen LogP contribution in [0, 0.1) is 10.1 Å². The van der Waals surface area contributed by atoms with Gasteiger partial charge in [0, 0.05) is 6.42 Å². The molecule has 0 unspecified atom stereocenters. The van der Waals surface area contributed by atoms with E-state index in [-0.39, 0.29) is 12.4 Å². The Bertz CT molecular complexity index is 396. The van der Waals surface area contributed by atoms with Crippen LogP contribution in [-0.2, 0) is 4.74 Å². The number of aliphatic hydroxyl groups excluding tert-OH is 1. The zero-order valence-corrected chi connectivity index (χ0v) is 8.19. The number of nitro groups is 1. The number of imidazole rings is 1. The average Bonchev–Trinajstić information content (AvgIpc) is 2.82. The van der Waals surface area contributed by atoms with Gasteiger partial charge in [-0.3, -0.25) is 0 Å². The highest BCUT2D eigenvalue weighted by atomic mass is 18.2. The van der Waals surface area contributed by atoms with Gasteiger partial charge >= 0.3 is 5.95 Å². The van der Waals surface area contributed by atoms with E-state index in [1.54, 1.807) is 0 Å². The fraction of sp³-hybridized carbons (Fsp3) is 0.625. The molecule has 0 spiro atoms. The van der Waals surface area contributed by atoms with Crippen LogP contribution in [0.2, 0.25) is 0 Å². The lowest BCUT2D eigenvalue weighted by molar-refractivity contribution is -0.398. The third-order valence-electron chi connectivity index (χ3n) is 2.48. The third kappa shape index (κ3) is 1.76. The maximum absolute atomic E-state index is 12.4. The maximum Gasteiger partial charge on any atom is 0.436 e. The van der Waals surface area contributed by atoms with Crippen molar-refractivity contribution in [1.29, 1.82) is 0 Å². The molecular formula is C8H10FN3O4. The van der Waals surface area contributed by atoms with Crippen LogP contribution in [-0.4, -0.2) is 38.5 Å². The summed E-state index contributed by atoms with van der Waals surface area (Å²) in [5.74, 6) is -0.378. The number of aliphatic hydroxyl groups is 1. The number of alkyl halides is 1. The molecule has 1 aliphatic heterocycles. The van der Waals surface area contributed by atoms with Gasteiger partial charge in [-0.25, -0.2) is 8.96 Å². The zero-order chi connectivity index (χ0) is 11.7. The van der Waals surface area contributed by atoms with Crippen molar-refractivity contribution in [2.24, 2.45) is 0 Å². The third-order valence-corrected chi connectivity index (χ3v) is 2.48. The van der Waals surface area contributed by atoms with Crippen LogP contribution in [0.4, 0.5) is 10.3 Å². The number of rotatable bonds is 3. The van der Waals surface area contributed by atoms with Crippen molar-refractivity contribution in [2.45, 2.75) is 24.9 Å². The first-order chi connectivity index (χ1) is 7.63. The van der Waals surface area contributed by atoms with Crippen molar-refractivity contribution in [3.05, 3.63) is 22.5 Å². The van der Waals surface area contributed by atoms with E-state index in [0.717, 1.165) is 0 Å². The van der Waals surface area contributed by atoms with Gasteiger partial charge in [-0.05, 0) is 4.92 Å². The molecule has 1 aromatic heterocycles. The number of aromatic nitrogens is 2. The normalized spacial score (nSPS) is 29.5.